The normalized spacial score (nSPS) is 18.8. The minimum atomic E-state index is -0.502. The molecule has 4 unspecified atom stereocenters. The zero-order chi connectivity index (χ0) is 5.15. The summed E-state index contributed by atoms with van der Waals surface area (Å²) in [4.78, 5) is 0. The number of rotatable bonds is 1. The van der Waals surface area contributed by atoms with Crippen LogP contribution in [0.4, 0.5) is 0 Å². The van der Waals surface area contributed by atoms with Gasteiger partial charge in [-0.15, -0.1) is 26.8 Å². The van der Waals surface area contributed by atoms with Crippen molar-refractivity contribution in [1.29, 1.82) is 1.28 Å². The van der Waals surface area contributed by atoms with Crippen molar-refractivity contribution in [3.8, 4) is 0 Å². The van der Waals surface area contributed by atoms with Gasteiger partial charge in [-0.1, -0.05) is 7.90 Å². The van der Waals surface area contributed by atoms with Gasteiger partial charge >= 0.3 is 0 Å². The Morgan fingerprint density at radius 2 is 2.00 bits per heavy atom. The van der Waals surface area contributed by atoms with Crippen LogP contribution in [0, 0.1) is 0 Å². The van der Waals surface area contributed by atoms with Crippen LogP contribution in [0.5, 0.6) is 0 Å². The Labute approximate surface area is 43.6 Å². The largest absolute Gasteiger partial charge is 0.109 e. The molecule has 0 N–H and O–H groups in total. The highest BCUT2D eigenvalue weighted by molar-refractivity contribution is 8.77. The number of hydrogen-bond donors (Lipinski definition) is 0. The van der Waals surface area contributed by atoms with Gasteiger partial charge < -0.3 is 0 Å². The Morgan fingerprint density at radius 3 is 2.00 bits per heavy atom. The van der Waals surface area contributed by atoms with Crippen molar-refractivity contribution in [2.75, 3.05) is 0 Å². The first-order valence-electron chi connectivity index (χ1n) is 1.42. The minimum Gasteiger partial charge on any atom is -0.109 e. The fourth-order valence-corrected chi connectivity index (χ4v) is 0. The Morgan fingerprint density at radius 1 is 1.80 bits per heavy atom. The summed E-state index contributed by atoms with van der Waals surface area (Å²) in [5.41, 5.74) is 0. The summed E-state index contributed by atoms with van der Waals surface area (Å²) < 4.78 is 7.05. The summed E-state index contributed by atoms with van der Waals surface area (Å²) >= 11 is 0. The van der Waals surface area contributed by atoms with E-state index in [2.05, 4.69) is 26.8 Å². The molecule has 0 aliphatic heterocycles. The van der Waals surface area contributed by atoms with Crippen molar-refractivity contribution in [3.63, 3.8) is 0 Å². The Bertz CT molecular complexity index is 24.9. The summed E-state index contributed by atoms with van der Waals surface area (Å²) in [6, 6.07) is 0. The van der Waals surface area contributed by atoms with Crippen LogP contribution in [0.15, 0.2) is 0 Å². The molecule has 4 atom stereocenters. The topological polar surface area (TPSA) is 0 Å². The molecule has 0 saturated heterocycles. The van der Waals surface area contributed by atoms with Crippen molar-refractivity contribution >= 4 is 41.7 Å². The SMILES string of the molecule is [2H]P(P)P(P)P. The van der Waals surface area contributed by atoms with E-state index in [1.54, 1.807) is 0 Å². The molecule has 0 aromatic carbocycles. The van der Waals surface area contributed by atoms with Gasteiger partial charge in [0.05, 0.1) is 1.28 Å². The van der Waals surface area contributed by atoms with E-state index in [1.165, 1.54) is 0 Å². The van der Waals surface area contributed by atoms with Crippen molar-refractivity contribution in [1.82, 2.24) is 0 Å². The fraction of sp³-hybridized carbons (Fsp3) is 0. The second-order valence-electron chi connectivity index (χ2n) is 0.495. The predicted molar refractivity (Wildman–Crippen MR) is 44.4 cm³/mol. The van der Waals surface area contributed by atoms with Gasteiger partial charge in [-0.2, -0.15) is 0 Å². The molecule has 5 heavy (non-hydrogen) atoms. The van der Waals surface area contributed by atoms with E-state index in [1.807, 2.05) is 0 Å². The molecule has 0 amide bonds. The molecular formula is H7P5. The summed E-state index contributed by atoms with van der Waals surface area (Å²) in [6.07, 6.45) is 0. The maximum absolute atomic E-state index is 7.05. The monoisotopic (exact) mass is 163 g/mol. The molecule has 32 valence electrons. The van der Waals surface area contributed by atoms with Crippen LogP contribution >= 0.6 is 41.7 Å². The van der Waals surface area contributed by atoms with Crippen LogP contribution < -0.4 is 0 Å². The average Bonchev–Trinajstić information content (AvgIpc) is 1.36. The average molecular weight is 163 g/mol. The van der Waals surface area contributed by atoms with Crippen molar-refractivity contribution < 1.29 is 0 Å². The molecule has 0 aromatic rings. The highest BCUT2D eigenvalue weighted by atomic mass is 32.8. The molecule has 0 aromatic heterocycles. The molecule has 0 heterocycles. The van der Waals surface area contributed by atoms with E-state index in [0.29, 0.717) is 0 Å². The maximum atomic E-state index is 7.05. The smallest absolute Gasteiger partial charge is 0.0677 e. The highest BCUT2D eigenvalue weighted by Gasteiger charge is 1.78. The molecule has 0 radical (unpaired) electrons. The van der Waals surface area contributed by atoms with Gasteiger partial charge in [0.25, 0.3) is 0 Å². The highest BCUT2D eigenvalue weighted by Crippen LogP contribution is 2.71. The molecule has 0 saturated carbocycles. The Hall–Kier alpha value is 2.15. The van der Waals surface area contributed by atoms with Crippen LogP contribution in [0.2, 0.25) is 0 Å². The van der Waals surface area contributed by atoms with Crippen LogP contribution in [-0.2, 0) is 0 Å². The van der Waals surface area contributed by atoms with E-state index in [0.717, 1.165) is 0 Å². The van der Waals surface area contributed by atoms with E-state index in [9.17, 15) is 0 Å². The van der Waals surface area contributed by atoms with E-state index in [-0.39, 0.29) is 6.99 Å². The Balaban J connectivity index is 2.99. The van der Waals surface area contributed by atoms with E-state index in [4.69, 9.17) is 1.28 Å². The lowest BCUT2D eigenvalue weighted by molar-refractivity contribution is 5.07. The zero-order valence-electron chi connectivity index (χ0n) is 3.63. The lowest BCUT2D eigenvalue weighted by Gasteiger charge is -1.92. The standard InChI is InChI=1S/H7P5/c1-4-5(2)3/h4H,1-3H2/i4D. The molecule has 0 aliphatic rings. The van der Waals surface area contributed by atoms with Gasteiger partial charge in [0.2, 0.25) is 0 Å². The quantitative estimate of drug-likeness (QED) is 0.520. The first kappa shape index (κ1) is 5.29. The van der Waals surface area contributed by atoms with Gasteiger partial charge in [0.1, 0.15) is 0 Å². The van der Waals surface area contributed by atoms with Crippen LogP contribution in [-0.4, -0.2) is 1.28 Å². The third-order valence-corrected chi connectivity index (χ3v) is 10.8. The molecule has 0 nitrogen and oxygen atoms in total. The summed E-state index contributed by atoms with van der Waals surface area (Å²) in [7, 11) is 7.23. The Kier molecular flexibility index (Phi) is 4.56. The molecule has 0 rings (SSSR count). The van der Waals surface area contributed by atoms with Gasteiger partial charge in [-0.25, -0.2) is 0 Å². The zero-order valence-corrected chi connectivity index (χ0v) is 7.88. The second-order valence-corrected chi connectivity index (χ2v) is 13.4. The van der Waals surface area contributed by atoms with E-state index >= 15 is 0 Å². The second kappa shape index (κ2) is 4.31. The van der Waals surface area contributed by atoms with Gasteiger partial charge in [-0.3, -0.25) is 0 Å². The first-order chi connectivity index (χ1) is 2.64. The van der Waals surface area contributed by atoms with Gasteiger partial charge in [0, 0.05) is 0 Å². The molecule has 0 spiro atoms. The van der Waals surface area contributed by atoms with E-state index < -0.39 is 7.90 Å². The lowest BCUT2D eigenvalue weighted by atomic mass is 29.1. The van der Waals surface area contributed by atoms with Crippen molar-refractivity contribution in [2.24, 2.45) is 0 Å². The third kappa shape index (κ3) is 6.15. The lowest BCUT2D eigenvalue weighted by Crippen LogP contribution is -0.986. The minimum absolute atomic E-state index is 0.132. The predicted octanol–water partition coefficient (Wildman–Crippen LogP) is 2.43. The van der Waals surface area contributed by atoms with Crippen molar-refractivity contribution in [3.05, 3.63) is 0 Å². The van der Waals surface area contributed by atoms with Crippen LogP contribution in [0.1, 0.15) is 0 Å². The molecule has 0 fully saturated rings. The third-order valence-electron chi connectivity index (χ3n) is 0.133. The fourth-order valence-electron chi connectivity index (χ4n) is 0. The molecule has 0 aliphatic carbocycles. The van der Waals surface area contributed by atoms with Crippen LogP contribution in [0.3, 0.4) is 0 Å². The maximum Gasteiger partial charge on any atom is 0.0677 e. The number of hydrogen-bond acceptors (Lipinski definition) is 0. The van der Waals surface area contributed by atoms with Crippen molar-refractivity contribution in [2.45, 2.75) is 0 Å². The first-order valence-corrected chi connectivity index (χ1v) is 8.77. The summed E-state index contributed by atoms with van der Waals surface area (Å²) in [6.45, 7) is -0.132. The molecule has 5 heteroatoms. The summed E-state index contributed by atoms with van der Waals surface area (Å²) in [5.74, 6) is 0. The molecule has 0 bridgehead atoms. The molecular weight excluding hydrogens is 155 g/mol. The summed E-state index contributed by atoms with van der Waals surface area (Å²) in [5, 5.41) is 0. The van der Waals surface area contributed by atoms with Gasteiger partial charge in [0.15, 0.2) is 0 Å². The van der Waals surface area contributed by atoms with Crippen LogP contribution in [0.25, 0.3) is 0 Å². The van der Waals surface area contributed by atoms with Gasteiger partial charge in [-0.05, 0) is 6.99 Å².